The maximum atomic E-state index is 11.2. The highest BCUT2D eigenvalue weighted by molar-refractivity contribution is 5.13. The Bertz CT molecular complexity index is 1160. The second kappa shape index (κ2) is 16.9. The van der Waals surface area contributed by atoms with Crippen molar-refractivity contribution in [3.8, 4) is 0 Å². The van der Waals surface area contributed by atoms with Crippen molar-refractivity contribution in [1.82, 2.24) is 0 Å². The highest BCUT2D eigenvalue weighted by Crippen LogP contribution is 2.34. The molecule has 0 amide bonds. The van der Waals surface area contributed by atoms with Crippen molar-refractivity contribution in [2.45, 2.75) is 129 Å². The Morgan fingerprint density at radius 2 is 1.14 bits per heavy atom. The fourth-order valence-corrected chi connectivity index (χ4v) is 6.66. The number of aliphatic hydroxyl groups excluding tert-OH is 7. The molecule has 1 aromatic carbocycles. The second-order valence-corrected chi connectivity index (χ2v) is 13.0. The van der Waals surface area contributed by atoms with Gasteiger partial charge in [-0.25, -0.2) is 0 Å². The minimum absolute atomic E-state index is 0.0783. The molecule has 19 heteroatoms. The molecule has 49 heavy (non-hydrogen) atoms. The molecule has 19 atom stereocenters. The third kappa shape index (κ3) is 8.26. The number of rotatable bonds is 12. The van der Waals surface area contributed by atoms with E-state index in [2.05, 4.69) is 0 Å². The van der Waals surface area contributed by atoms with Gasteiger partial charge in [0.25, 0.3) is 0 Å². The number of aliphatic hydroxyl groups is 7. The van der Waals surface area contributed by atoms with Crippen molar-refractivity contribution in [3.05, 3.63) is 35.9 Å². The number of hydrogen-bond acceptors (Lipinski definition) is 19. The highest BCUT2D eigenvalue weighted by Gasteiger charge is 2.54. The van der Waals surface area contributed by atoms with Crippen LogP contribution in [0.4, 0.5) is 0 Å². The summed E-state index contributed by atoms with van der Waals surface area (Å²) in [6, 6.07) is 4.99. The van der Waals surface area contributed by atoms with Crippen LogP contribution in [0.3, 0.4) is 0 Å². The molecule has 19 nitrogen and oxygen atoms in total. The molecule has 3 heterocycles. The molecule has 3 aliphatic heterocycles. The zero-order chi connectivity index (χ0) is 35.6. The first-order valence-electron chi connectivity index (χ1n) is 16.3. The van der Waals surface area contributed by atoms with Crippen LogP contribution < -0.4 is 28.7 Å². The van der Waals surface area contributed by atoms with Gasteiger partial charge in [-0.2, -0.15) is 0 Å². The number of ether oxygens (including phenoxy) is 7. The van der Waals surface area contributed by atoms with Gasteiger partial charge in [-0.05, 0) is 12.0 Å². The first-order chi connectivity index (χ1) is 23.4. The Morgan fingerprint density at radius 1 is 0.592 bits per heavy atom. The van der Waals surface area contributed by atoms with Crippen LogP contribution in [0.25, 0.3) is 0 Å². The molecule has 1 saturated carbocycles. The molecule has 0 spiro atoms. The highest BCUT2D eigenvalue weighted by atomic mass is 16.8. The van der Waals surface area contributed by atoms with E-state index in [9.17, 15) is 35.7 Å². The van der Waals surface area contributed by atoms with Crippen LogP contribution in [0.2, 0.25) is 0 Å². The zero-order valence-corrected chi connectivity index (χ0v) is 26.8. The van der Waals surface area contributed by atoms with Gasteiger partial charge in [0.05, 0.1) is 38.0 Å². The van der Waals surface area contributed by atoms with Gasteiger partial charge in [-0.3, -0.25) is 0 Å². The third-order valence-corrected chi connectivity index (χ3v) is 9.58. The van der Waals surface area contributed by atoms with Crippen LogP contribution in [0, 0.1) is 0 Å². The summed E-state index contributed by atoms with van der Waals surface area (Å²) in [5, 5.41) is 74.2. The molecule has 0 aromatic heterocycles. The van der Waals surface area contributed by atoms with E-state index in [-0.39, 0.29) is 19.6 Å². The topological polar surface area (TPSA) is 336 Å². The molecular weight excluding hydrogens is 654 g/mol. The largest absolute Gasteiger partial charge is 0.394 e. The summed E-state index contributed by atoms with van der Waals surface area (Å²) in [6.07, 6.45) is -19.6. The van der Waals surface area contributed by atoms with Gasteiger partial charge in [-0.1, -0.05) is 30.3 Å². The summed E-state index contributed by atoms with van der Waals surface area (Å²) in [6.45, 7) is -1.25. The van der Waals surface area contributed by atoms with Crippen molar-refractivity contribution < 1.29 is 68.9 Å². The predicted molar refractivity (Wildman–Crippen MR) is 165 cm³/mol. The van der Waals surface area contributed by atoms with E-state index in [1.165, 1.54) is 0 Å². The second-order valence-electron chi connectivity index (χ2n) is 13.0. The van der Waals surface area contributed by atoms with E-state index in [0.29, 0.717) is 0 Å². The smallest absolute Gasteiger partial charge is 0.187 e. The fourth-order valence-electron chi connectivity index (χ4n) is 6.66. The number of hydrogen-bond donors (Lipinski definition) is 12. The fraction of sp³-hybridized carbons (Fsp3) is 0.800. The van der Waals surface area contributed by atoms with Crippen molar-refractivity contribution >= 4 is 0 Å². The Labute approximate surface area is 282 Å². The van der Waals surface area contributed by atoms with Crippen molar-refractivity contribution in [2.24, 2.45) is 28.7 Å². The lowest BCUT2D eigenvalue weighted by atomic mass is 9.84. The van der Waals surface area contributed by atoms with Crippen LogP contribution in [0.5, 0.6) is 0 Å². The predicted octanol–water partition coefficient (Wildman–Crippen LogP) is -6.64. The Morgan fingerprint density at radius 3 is 1.78 bits per heavy atom. The third-order valence-electron chi connectivity index (χ3n) is 9.58. The minimum Gasteiger partial charge on any atom is -0.394 e. The molecule has 0 radical (unpaired) electrons. The van der Waals surface area contributed by atoms with Gasteiger partial charge in [0.15, 0.2) is 18.9 Å². The van der Waals surface area contributed by atoms with E-state index in [4.69, 9.17) is 61.8 Å². The summed E-state index contributed by atoms with van der Waals surface area (Å²) < 4.78 is 41.2. The monoisotopic (exact) mass is 705 g/mol. The van der Waals surface area contributed by atoms with Gasteiger partial charge in [0.2, 0.25) is 0 Å². The Hall–Kier alpha value is -1.54. The van der Waals surface area contributed by atoms with E-state index in [1.54, 1.807) is 0 Å². The van der Waals surface area contributed by atoms with Crippen LogP contribution in [-0.2, 0) is 39.8 Å². The maximum absolute atomic E-state index is 11.2. The summed E-state index contributed by atoms with van der Waals surface area (Å²) in [7, 11) is 0. The number of benzene rings is 1. The standard InChI is InChI=1S/C30H51N5O14/c31-7-14-20(39)21(40)17(34)28(44-14)48-26-16(9-37)46-30(23(26)42)49-27-19(38)12(32)6-13(33)24(27)47-29-18(35)22(41)25(15(8-36)45-29)43-10-11-4-2-1-3-5-11/h1-5,12-30,36-42H,6-10,31-35H2/t12-,13?,14?,15?,16-,17?,18?,19?,20-,21?,22?,23?,24-,25-,26?,27?,28?,29?,30+/m1/s1. The first-order valence-corrected chi connectivity index (χ1v) is 16.3. The normalized spacial score (nSPS) is 47.7. The molecule has 0 bridgehead atoms. The van der Waals surface area contributed by atoms with Crippen LogP contribution >= 0.6 is 0 Å². The number of nitrogens with two attached hydrogens (primary N) is 5. The van der Waals surface area contributed by atoms with Crippen LogP contribution in [-0.4, -0.2) is 172 Å². The van der Waals surface area contributed by atoms with Gasteiger partial charge in [-0.15, -0.1) is 0 Å². The zero-order valence-electron chi connectivity index (χ0n) is 26.8. The molecule has 17 N–H and O–H groups in total. The average Bonchev–Trinajstić information content (AvgIpc) is 3.39. The lowest BCUT2D eigenvalue weighted by molar-refractivity contribution is -0.315. The van der Waals surface area contributed by atoms with Crippen molar-refractivity contribution in [2.75, 3.05) is 19.8 Å². The van der Waals surface area contributed by atoms with Crippen molar-refractivity contribution in [1.29, 1.82) is 0 Å². The van der Waals surface area contributed by atoms with E-state index in [0.717, 1.165) is 5.56 Å². The molecular formula is C30H51N5O14. The molecule has 4 aliphatic rings. The van der Waals surface area contributed by atoms with E-state index in [1.807, 2.05) is 30.3 Å². The van der Waals surface area contributed by atoms with Gasteiger partial charge in [0.1, 0.15) is 67.1 Å². The average molecular weight is 706 g/mol. The first kappa shape index (κ1) is 38.7. The summed E-state index contributed by atoms with van der Waals surface area (Å²) in [5.74, 6) is 0. The molecule has 280 valence electrons. The minimum atomic E-state index is -1.62. The van der Waals surface area contributed by atoms with E-state index >= 15 is 0 Å². The van der Waals surface area contributed by atoms with Gasteiger partial charge in [0, 0.05) is 18.6 Å². The maximum Gasteiger partial charge on any atom is 0.187 e. The SMILES string of the molecule is NCC1OC(OC2C(O)[C@H](OC3C(O)[C@H](N)CC(N)[C@H]3OC3OC(CO)[C@@H](OCc4ccccc4)C(O)C3N)O[C@@H]2CO)C(N)C(O)[C@@H]1O. The molecule has 13 unspecified atom stereocenters. The molecule has 4 fully saturated rings. The van der Waals surface area contributed by atoms with Crippen LogP contribution in [0.15, 0.2) is 30.3 Å². The lowest BCUT2D eigenvalue weighted by Crippen LogP contribution is -2.68. The van der Waals surface area contributed by atoms with E-state index < -0.39 is 129 Å². The Kier molecular flexibility index (Phi) is 13.3. The summed E-state index contributed by atoms with van der Waals surface area (Å²) in [4.78, 5) is 0. The lowest BCUT2D eigenvalue weighted by Gasteiger charge is -2.47. The van der Waals surface area contributed by atoms with Gasteiger partial charge < -0.3 is 97.6 Å². The summed E-state index contributed by atoms with van der Waals surface area (Å²) >= 11 is 0. The van der Waals surface area contributed by atoms with Crippen molar-refractivity contribution in [3.63, 3.8) is 0 Å². The molecule has 1 aromatic rings. The molecule has 3 saturated heterocycles. The quantitative estimate of drug-likeness (QED) is 0.0961. The molecule has 5 rings (SSSR count). The Balaban J connectivity index is 1.28. The molecule has 1 aliphatic carbocycles. The van der Waals surface area contributed by atoms with Gasteiger partial charge >= 0.3 is 0 Å². The van der Waals surface area contributed by atoms with Crippen LogP contribution in [0.1, 0.15) is 12.0 Å². The summed E-state index contributed by atoms with van der Waals surface area (Å²) in [5.41, 5.74) is 31.4.